The molecule has 16 heavy (non-hydrogen) atoms. The van der Waals surface area contributed by atoms with Crippen molar-refractivity contribution in [1.82, 2.24) is 14.5 Å². The van der Waals surface area contributed by atoms with Gasteiger partial charge < -0.3 is 9.30 Å². The number of aryl methyl sites for hydroxylation is 1. The van der Waals surface area contributed by atoms with Crippen molar-refractivity contribution in [3.63, 3.8) is 0 Å². The quantitative estimate of drug-likeness (QED) is 0.810. The predicted molar refractivity (Wildman–Crippen MR) is 64.3 cm³/mol. The Balaban J connectivity index is 2.13. The maximum atomic E-state index is 5.27. The molecule has 2 aromatic rings. The molecule has 0 spiro atoms. The molecule has 1 aliphatic rings. The largest absolute Gasteiger partial charge is 0.371 e. The van der Waals surface area contributed by atoms with Crippen LogP contribution in [-0.2, 0) is 17.7 Å². The molecule has 0 unspecified atom stereocenters. The number of rotatable bonds is 3. The molecule has 0 bridgehead atoms. The summed E-state index contributed by atoms with van der Waals surface area (Å²) >= 11 is 3.41. The van der Waals surface area contributed by atoms with Crippen molar-refractivity contribution in [2.45, 2.75) is 26.0 Å². The Hall–Kier alpha value is -0.940. The summed E-state index contributed by atoms with van der Waals surface area (Å²) in [6.07, 6.45) is 3.09. The molecule has 0 aliphatic carbocycles. The van der Waals surface area contributed by atoms with Crippen molar-refractivity contribution in [3.05, 3.63) is 22.6 Å². The van der Waals surface area contributed by atoms with E-state index in [2.05, 4.69) is 37.4 Å². The van der Waals surface area contributed by atoms with E-state index < -0.39 is 0 Å². The monoisotopic (exact) mass is 281 g/mol. The number of epoxide rings is 1. The maximum Gasteiger partial charge on any atom is 0.160 e. The number of imidazole rings is 1. The smallest absolute Gasteiger partial charge is 0.160 e. The van der Waals surface area contributed by atoms with Crippen molar-refractivity contribution >= 4 is 27.1 Å². The van der Waals surface area contributed by atoms with E-state index >= 15 is 0 Å². The summed E-state index contributed by atoms with van der Waals surface area (Å²) in [7, 11) is 0. The minimum Gasteiger partial charge on any atom is -0.371 e. The summed E-state index contributed by atoms with van der Waals surface area (Å²) in [5.41, 5.74) is 1.91. The molecule has 5 heteroatoms. The molecule has 1 aliphatic heterocycles. The zero-order valence-corrected chi connectivity index (χ0v) is 10.6. The van der Waals surface area contributed by atoms with Gasteiger partial charge in [0.15, 0.2) is 5.65 Å². The fraction of sp³-hybridized carbons (Fsp3) is 0.455. The third kappa shape index (κ3) is 1.74. The highest BCUT2D eigenvalue weighted by Crippen LogP contribution is 2.21. The van der Waals surface area contributed by atoms with E-state index in [1.54, 1.807) is 0 Å². The third-order valence-corrected chi connectivity index (χ3v) is 3.17. The Bertz CT molecular complexity index is 533. The van der Waals surface area contributed by atoms with E-state index in [1.807, 2.05) is 12.3 Å². The maximum absolute atomic E-state index is 5.27. The molecule has 0 aromatic carbocycles. The SMILES string of the molecule is CCc1nc2cc(Br)cnc2n1C[C@H]1CO1. The molecule has 0 radical (unpaired) electrons. The van der Waals surface area contributed by atoms with Crippen LogP contribution < -0.4 is 0 Å². The predicted octanol–water partition coefficient (Wildman–Crippen LogP) is 2.15. The molecule has 2 aromatic heterocycles. The lowest BCUT2D eigenvalue weighted by Crippen LogP contribution is -2.08. The molecule has 84 valence electrons. The number of hydrogen-bond donors (Lipinski definition) is 0. The van der Waals surface area contributed by atoms with Gasteiger partial charge in [0.25, 0.3) is 0 Å². The molecule has 1 saturated heterocycles. The van der Waals surface area contributed by atoms with E-state index in [9.17, 15) is 0 Å². The zero-order chi connectivity index (χ0) is 11.1. The second kappa shape index (κ2) is 3.82. The van der Waals surface area contributed by atoms with E-state index in [0.29, 0.717) is 6.10 Å². The van der Waals surface area contributed by atoms with Gasteiger partial charge in [-0.3, -0.25) is 0 Å². The van der Waals surface area contributed by atoms with Crippen molar-refractivity contribution in [2.24, 2.45) is 0 Å². The number of fused-ring (bicyclic) bond motifs is 1. The van der Waals surface area contributed by atoms with Crippen LogP contribution in [0.1, 0.15) is 12.7 Å². The van der Waals surface area contributed by atoms with Gasteiger partial charge in [-0.05, 0) is 22.0 Å². The lowest BCUT2D eigenvalue weighted by molar-refractivity contribution is 0.382. The minimum absolute atomic E-state index is 0.355. The Labute approximate surface area is 102 Å². The Morgan fingerprint density at radius 1 is 1.62 bits per heavy atom. The fourth-order valence-corrected chi connectivity index (χ4v) is 2.19. The lowest BCUT2D eigenvalue weighted by atomic mass is 10.4. The van der Waals surface area contributed by atoms with Crippen LogP contribution in [0, 0.1) is 0 Å². The number of hydrogen-bond acceptors (Lipinski definition) is 3. The standard InChI is InChI=1S/C11H12BrN3O/c1-2-10-14-9-3-7(12)4-13-11(9)15(10)5-8-6-16-8/h3-4,8H,2,5-6H2,1H3/t8-/m0/s1. The number of halogens is 1. The average molecular weight is 282 g/mol. The second-order valence-electron chi connectivity index (χ2n) is 3.94. The molecule has 3 rings (SSSR count). The van der Waals surface area contributed by atoms with Crippen molar-refractivity contribution in [3.8, 4) is 0 Å². The molecule has 0 saturated carbocycles. The van der Waals surface area contributed by atoms with Gasteiger partial charge in [-0.2, -0.15) is 0 Å². The third-order valence-electron chi connectivity index (χ3n) is 2.74. The van der Waals surface area contributed by atoms with Gasteiger partial charge in [0.05, 0.1) is 19.3 Å². The molecule has 0 amide bonds. The number of pyridine rings is 1. The summed E-state index contributed by atoms with van der Waals surface area (Å²) in [5, 5.41) is 0. The van der Waals surface area contributed by atoms with Gasteiger partial charge in [-0.15, -0.1) is 0 Å². The van der Waals surface area contributed by atoms with Gasteiger partial charge >= 0.3 is 0 Å². The number of ether oxygens (including phenoxy) is 1. The van der Waals surface area contributed by atoms with Crippen LogP contribution in [0.5, 0.6) is 0 Å². The minimum atomic E-state index is 0.355. The number of nitrogens with zero attached hydrogens (tertiary/aromatic N) is 3. The molecule has 0 N–H and O–H groups in total. The van der Waals surface area contributed by atoms with Gasteiger partial charge in [0.1, 0.15) is 11.3 Å². The van der Waals surface area contributed by atoms with Crippen LogP contribution >= 0.6 is 15.9 Å². The summed E-state index contributed by atoms with van der Waals surface area (Å²) in [6.45, 7) is 3.84. The number of aromatic nitrogens is 3. The van der Waals surface area contributed by atoms with Crippen LogP contribution in [-0.4, -0.2) is 27.2 Å². The van der Waals surface area contributed by atoms with Crippen molar-refractivity contribution < 1.29 is 4.74 Å². The van der Waals surface area contributed by atoms with Crippen LogP contribution in [0.2, 0.25) is 0 Å². The Morgan fingerprint density at radius 2 is 2.44 bits per heavy atom. The van der Waals surface area contributed by atoms with E-state index in [1.165, 1.54) is 0 Å². The van der Waals surface area contributed by atoms with Crippen molar-refractivity contribution in [2.75, 3.05) is 6.61 Å². The first-order valence-electron chi connectivity index (χ1n) is 5.40. The first kappa shape index (κ1) is 10.2. The fourth-order valence-electron chi connectivity index (χ4n) is 1.87. The topological polar surface area (TPSA) is 43.2 Å². The summed E-state index contributed by atoms with van der Waals surface area (Å²) in [4.78, 5) is 9.02. The first-order valence-corrected chi connectivity index (χ1v) is 6.19. The van der Waals surface area contributed by atoms with Gasteiger partial charge in [0, 0.05) is 17.1 Å². The van der Waals surface area contributed by atoms with Gasteiger partial charge in [-0.1, -0.05) is 6.92 Å². The molecule has 3 heterocycles. The Morgan fingerprint density at radius 3 is 3.12 bits per heavy atom. The molecule has 1 fully saturated rings. The lowest BCUT2D eigenvalue weighted by Gasteiger charge is -2.04. The summed E-state index contributed by atoms with van der Waals surface area (Å²) < 4.78 is 8.40. The molecule has 4 nitrogen and oxygen atoms in total. The van der Waals surface area contributed by atoms with Gasteiger partial charge in [0.2, 0.25) is 0 Å². The highest BCUT2D eigenvalue weighted by molar-refractivity contribution is 9.10. The highest BCUT2D eigenvalue weighted by atomic mass is 79.9. The molecular formula is C11H12BrN3O. The van der Waals surface area contributed by atoms with E-state index in [-0.39, 0.29) is 0 Å². The first-order chi connectivity index (χ1) is 7.78. The van der Waals surface area contributed by atoms with E-state index in [4.69, 9.17) is 4.74 Å². The van der Waals surface area contributed by atoms with Crippen LogP contribution in [0.15, 0.2) is 16.7 Å². The molecule has 1 atom stereocenters. The molecular weight excluding hydrogens is 270 g/mol. The Kier molecular flexibility index (Phi) is 2.44. The highest BCUT2D eigenvalue weighted by Gasteiger charge is 2.25. The average Bonchev–Trinajstić information content (AvgIpc) is 3.01. The second-order valence-corrected chi connectivity index (χ2v) is 4.86. The van der Waals surface area contributed by atoms with Crippen LogP contribution in [0.3, 0.4) is 0 Å². The van der Waals surface area contributed by atoms with Crippen molar-refractivity contribution in [1.29, 1.82) is 0 Å². The normalized spacial score (nSPS) is 19.2. The van der Waals surface area contributed by atoms with Gasteiger partial charge in [-0.25, -0.2) is 9.97 Å². The summed E-state index contributed by atoms with van der Waals surface area (Å²) in [6, 6.07) is 2.01. The van der Waals surface area contributed by atoms with Crippen LogP contribution in [0.25, 0.3) is 11.2 Å². The zero-order valence-electron chi connectivity index (χ0n) is 8.98. The van der Waals surface area contributed by atoms with E-state index in [0.717, 1.165) is 41.0 Å². The van der Waals surface area contributed by atoms with Crippen LogP contribution in [0.4, 0.5) is 0 Å². The summed E-state index contributed by atoms with van der Waals surface area (Å²) in [5.74, 6) is 1.08.